The number of thiophene rings is 1. The minimum Gasteiger partial charge on any atom is -0.333 e. The summed E-state index contributed by atoms with van der Waals surface area (Å²) in [6, 6.07) is 11.0. The minimum atomic E-state index is 0.401. The highest BCUT2D eigenvalue weighted by Crippen LogP contribution is 2.30. The van der Waals surface area contributed by atoms with Crippen molar-refractivity contribution in [3.05, 3.63) is 44.7 Å². The topological polar surface area (TPSA) is 62.7 Å². The van der Waals surface area contributed by atoms with Gasteiger partial charge in [0, 0.05) is 10.0 Å². The molecular weight excluding hydrogens is 362 g/mol. The van der Waals surface area contributed by atoms with Crippen molar-refractivity contribution in [3.63, 3.8) is 0 Å². The van der Waals surface area contributed by atoms with Crippen molar-refractivity contribution in [1.29, 1.82) is 5.26 Å². The van der Waals surface area contributed by atoms with Gasteiger partial charge in [0.25, 0.3) is 5.89 Å². The first-order chi connectivity index (χ1) is 9.67. The van der Waals surface area contributed by atoms with Crippen LogP contribution in [-0.2, 0) is 0 Å². The summed E-state index contributed by atoms with van der Waals surface area (Å²) < 4.78 is 5.99. The number of halogens is 2. The number of rotatable bonds is 2. The molecule has 3 rings (SSSR count). The number of nitriles is 1. The third-order valence-corrected chi connectivity index (χ3v) is 4.72. The molecule has 4 nitrogen and oxygen atoms in total. The summed E-state index contributed by atoms with van der Waals surface area (Å²) in [5.41, 5.74) is 0.799. The summed E-state index contributed by atoms with van der Waals surface area (Å²) in [6.45, 7) is 0. The fourth-order valence-corrected chi connectivity index (χ4v) is 2.81. The van der Waals surface area contributed by atoms with Crippen molar-refractivity contribution in [2.45, 2.75) is 0 Å². The second-order valence-corrected chi connectivity index (χ2v) is 6.17. The second kappa shape index (κ2) is 5.37. The normalized spacial score (nSPS) is 10.4. The lowest BCUT2D eigenvalue weighted by Crippen LogP contribution is -1.81. The molecule has 98 valence electrons. The summed E-state index contributed by atoms with van der Waals surface area (Å²) in [6.07, 6.45) is 0. The number of benzene rings is 1. The predicted molar refractivity (Wildman–Crippen MR) is 80.5 cm³/mol. The fourth-order valence-electron chi connectivity index (χ4n) is 1.59. The Bertz CT molecular complexity index is 821. The lowest BCUT2D eigenvalue weighted by atomic mass is 10.2. The highest BCUT2D eigenvalue weighted by Gasteiger charge is 2.13. The molecule has 7 heteroatoms. The predicted octanol–water partition coefficient (Wildman–Crippen LogP) is 4.75. The lowest BCUT2D eigenvalue weighted by molar-refractivity contribution is 0.433. The molecule has 0 saturated carbocycles. The number of aromatic nitrogens is 2. The first-order valence-corrected chi connectivity index (χ1v) is 7.45. The van der Waals surface area contributed by atoms with Gasteiger partial charge in [0.1, 0.15) is 10.9 Å². The standard InChI is InChI=1S/C13H5BrClN3OS/c14-9-5-7(1-3-10(9)15)12-17-13(19-18-12)11-4-2-8(6-16)20-11/h1-5H. The van der Waals surface area contributed by atoms with Crippen LogP contribution in [0.5, 0.6) is 0 Å². The molecule has 0 saturated heterocycles. The highest BCUT2D eigenvalue weighted by atomic mass is 79.9. The van der Waals surface area contributed by atoms with E-state index in [4.69, 9.17) is 21.4 Å². The number of nitrogens with zero attached hydrogens (tertiary/aromatic N) is 3. The Hall–Kier alpha value is -1.68. The zero-order chi connectivity index (χ0) is 14.1. The average molecular weight is 367 g/mol. The zero-order valence-electron chi connectivity index (χ0n) is 9.80. The Morgan fingerprint density at radius 2 is 2.15 bits per heavy atom. The van der Waals surface area contributed by atoms with Crippen molar-refractivity contribution in [3.8, 4) is 28.2 Å². The molecule has 0 atom stereocenters. The van der Waals surface area contributed by atoms with Gasteiger partial charge in [-0.25, -0.2) is 0 Å². The van der Waals surface area contributed by atoms with E-state index in [1.807, 2.05) is 12.1 Å². The van der Waals surface area contributed by atoms with Crippen molar-refractivity contribution >= 4 is 38.9 Å². The van der Waals surface area contributed by atoms with E-state index in [0.717, 1.165) is 14.9 Å². The van der Waals surface area contributed by atoms with Gasteiger partial charge in [-0.1, -0.05) is 16.8 Å². The van der Waals surface area contributed by atoms with Crippen LogP contribution in [0.15, 0.2) is 39.3 Å². The van der Waals surface area contributed by atoms with Gasteiger partial charge < -0.3 is 4.52 Å². The van der Waals surface area contributed by atoms with E-state index in [2.05, 4.69) is 32.1 Å². The van der Waals surface area contributed by atoms with Gasteiger partial charge in [0.05, 0.1) is 9.90 Å². The van der Waals surface area contributed by atoms with E-state index in [9.17, 15) is 0 Å². The van der Waals surface area contributed by atoms with Gasteiger partial charge in [-0.2, -0.15) is 10.2 Å². The van der Waals surface area contributed by atoms with Gasteiger partial charge in [-0.15, -0.1) is 11.3 Å². The van der Waals surface area contributed by atoms with E-state index in [1.165, 1.54) is 11.3 Å². The molecule has 1 aromatic carbocycles. The molecule has 0 fully saturated rings. The summed E-state index contributed by atoms with van der Waals surface area (Å²) in [7, 11) is 0. The summed E-state index contributed by atoms with van der Waals surface area (Å²) in [5.74, 6) is 0.877. The van der Waals surface area contributed by atoms with Crippen LogP contribution >= 0.6 is 38.9 Å². The van der Waals surface area contributed by atoms with Gasteiger partial charge in [-0.3, -0.25) is 0 Å². The summed E-state index contributed by atoms with van der Waals surface area (Å²) in [5, 5.41) is 13.4. The zero-order valence-corrected chi connectivity index (χ0v) is 13.0. The smallest absolute Gasteiger partial charge is 0.268 e. The Kier molecular flexibility index (Phi) is 3.57. The highest BCUT2D eigenvalue weighted by molar-refractivity contribution is 9.10. The summed E-state index contributed by atoms with van der Waals surface area (Å²) >= 11 is 10.6. The maximum atomic E-state index is 8.81. The van der Waals surface area contributed by atoms with Gasteiger partial charge in [-0.05, 0) is 46.3 Å². The summed E-state index contributed by atoms with van der Waals surface area (Å²) in [4.78, 5) is 5.71. The van der Waals surface area contributed by atoms with E-state index >= 15 is 0 Å². The molecule has 0 aliphatic carbocycles. The molecule has 0 bridgehead atoms. The Morgan fingerprint density at radius 1 is 1.30 bits per heavy atom. The van der Waals surface area contributed by atoms with Crippen LogP contribution in [0.25, 0.3) is 22.2 Å². The number of hydrogen-bond donors (Lipinski definition) is 0. The molecule has 0 aliphatic heterocycles. The maximum absolute atomic E-state index is 8.81. The first-order valence-electron chi connectivity index (χ1n) is 5.47. The molecule has 0 radical (unpaired) electrons. The Balaban J connectivity index is 1.97. The van der Waals surface area contributed by atoms with E-state index in [-0.39, 0.29) is 0 Å². The molecule has 2 aromatic heterocycles. The van der Waals surface area contributed by atoms with Crippen LogP contribution in [0.1, 0.15) is 4.88 Å². The third-order valence-electron chi connectivity index (χ3n) is 2.53. The third kappa shape index (κ3) is 2.48. The minimum absolute atomic E-state index is 0.401. The van der Waals surface area contributed by atoms with Crippen molar-refractivity contribution in [2.75, 3.05) is 0 Å². The monoisotopic (exact) mass is 365 g/mol. The van der Waals surface area contributed by atoms with Crippen LogP contribution in [0.4, 0.5) is 0 Å². The second-order valence-electron chi connectivity index (χ2n) is 3.83. The van der Waals surface area contributed by atoms with Gasteiger partial charge in [0.15, 0.2) is 0 Å². The van der Waals surface area contributed by atoms with E-state index in [0.29, 0.717) is 21.6 Å². The fraction of sp³-hybridized carbons (Fsp3) is 0. The molecule has 3 aromatic rings. The largest absolute Gasteiger partial charge is 0.333 e. The quantitative estimate of drug-likeness (QED) is 0.656. The van der Waals surface area contributed by atoms with Crippen LogP contribution in [0.3, 0.4) is 0 Å². The van der Waals surface area contributed by atoms with Crippen molar-refractivity contribution < 1.29 is 4.52 Å². The molecule has 0 amide bonds. The first kappa shape index (κ1) is 13.3. The molecule has 0 N–H and O–H groups in total. The molecule has 20 heavy (non-hydrogen) atoms. The van der Waals surface area contributed by atoms with Crippen LogP contribution in [0, 0.1) is 11.3 Å². The maximum Gasteiger partial charge on any atom is 0.268 e. The van der Waals surface area contributed by atoms with E-state index in [1.54, 1.807) is 18.2 Å². The lowest BCUT2D eigenvalue weighted by Gasteiger charge is -1.97. The SMILES string of the molecule is N#Cc1ccc(-c2nc(-c3ccc(Cl)c(Br)c3)no2)s1. The Labute approximate surface area is 131 Å². The Morgan fingerprint density at radius 3 is 2.85 bits per heavy atom. The van der Waals surface area contributed by atoms with Crippen LogP contribution in [0.2, 0.25) is 5.02 Å². The molecule has 2 heterocycles. The molecular formula is C13H5BrClN3OS. The van der Waals surface area contributed by atoms with Gasteiger partial charge >= 0.3 is 0 Å². The van der Waals surface area contributed by atoms with Crippen LogP contribution < -0.4 is 0 Å². The molecule has 0 unspecified atom stereocenters. The van der Waals surface area contributed by atoms with Crippen molar-refractivity contribution in [2.24, 2.45) is 0 Å². The van der Waals surface area contributed by atoms with Crippen molar-refractivity contribution in [1.82, 2.24) is 10.1 Å². The molecule has 0 aliphatic rings. The van der Waals surface area contributed by atoms with Gasteiger partial charge in [0.2, 0.25) is 5.82 Å². The average Bonchev–Trinajstić information content (AvgIpc) is 3.09. The number of hydrogen-bond acceptors (Lipinski definition) is 5. The van der Waals surface area contributed by atoms with Crippen LogP contribution in [-0.4, -0.2) is 10.1 Å². The van der Waals surface area contributed by atoms with E-state index < -0.39 is 0 Å². The molecule has 0 spiro atoms.